The van der Waals surface area contributed by atoms with Crippen LogP contribution in [0.4, 0.5) is 0 Å². The Morgan fingerprint density at radius 3 is 2.50 bits per heavy atom. The van der Waals surface area contributed by atoms with Crippen LogP contribution < -0.4 is 10.6 Å². The lowest BCUT2D eigenvalue weighted by Gasteiger charge is -2.20. The van der Waals surface area contributed by atoms with Crippen LogP contribution >= 0.6 is 0 Å². The van der Waals surface area contributed by atoms with Crippen molar-refractivity contribution < 1.29 is 9.90 Å². The minimum absolute atomic E-state index is 0.0583. The lowest BCUT2D eigenvalue weighted by Crippen LogP contribution is -2.40. The van der Waals surface area contributed by atoms with E-state index in [9.17, 15) is 4.79 Å². The van der Waals surface area contributed by atoms with Crippen LogP contribution in [0.2, 0.25) is 0 Å². The second-order valence-corrected chi connectivity index (χ2v) is 5.26. The summed E-state index contributed by atoms with van der Waals surface area (Å²) in [6.07, 6.45) is 2.07. The molecule has 0 aliphatic rings. The molecular formula is C12H26N2O2. The van der Waals surface area contributed by atoms with Crippen LogP contribution in [0.15, 0.2) is 0 Å². The zero-order chi connectivity index (χ0) is 12.6. The van der Waals surface area contributed by atoms with Crippen molar-refractivity contribution in [3.05, 3.63) is 0 Å². The summed E-state index contributed by atoms with van der Waals surface area (Å²) in [5.41, 5.74) is 0.0583. The summed E-state index contributed by atoms with van der Waals surface area (Å²) in [6.45, 7) is 9.08. The first-order chi connectivity index (χ1) is 7.35. The smallest absolute Gasteiger partial charge is 0.221 e. The van der Waals surface area contributed by atoms with E-state index in [1.54, 1.807) is 0 Å². The van der Waals surface area contributed by atoms with E-state index in [4.69, 9.17) is 5.11 Å². The molecule has 4 nitrogen and oxygen atoms in total. The minimum atomic E-state index is 0.0583. The monoisotopic (exact) mass is 230 g/mol. The maximum Gasteiger partial charge on any atom is 0.221 e. The van der Waals surface area contributed by atoms with Crippen molar-refractivity contribution in [2.24, 2.45) is 0 Å². The predicted octanol–water partition coefficient (Wildman–Crippen LogP) is 1.04. The number of carbonyl (C=O) groups excluding carboxylic acids is 1. The Hall–Kier alpha value is -0.610. The fraction of sp³-hybridized carbons (Fsp3) is 0.917. The van der Waals surface area contributed by atoms with E-state index in [0.29, 0.717) is 13.0 Å². The van der Waals surface area contributed by atoms with Gasteiger partial charge < -0.3 is 15.7 Å². The summed E-state index contributed by atoms with van der Waals surface area (Å²) in [5, 5.41) is 14.8. The molecule has 0 aromatic rings. The van der Waals surface area contributed by atoms with Crippen LogP contribution in [0.1, 0.15) is 47.0 Å². The Balaban J connectivity index is 3.58. The van der Waals surface area contributed by atoms with Gasteiger partial charge in [0.05, 0.1) is 0 Å². The van der Waals surface area contributed by atoms with Gasteiger partial charge in [-0.15, -0.1) is 0 Å². The van der Waals surface area contributed by atoms with Crippen molar-refractivity contribution >= 4 is 5.91 Å². The molecule has 16 heavy (non-hydrogen) atoms. The zero-order valence-corrected chi connectivity index (χ0v) is 11.0. The quantitative estimate of drug-likeness (QED) is 0.612. The molecule has 0 saturated carbocycles. The Kier molecular flexibility index (Phi) is 7.34. The number of aliphatic hydroxyl groups is 1. The SMILES string of the molecule is CC(CCCO)NC(=O)CCNC(C)(C)C. The predicted molar refractivity (Wildman–Crippen MR) is 66.3 cm³/mol. The van der Waals surface area contributed by atoms with Crippen molar-refractivity contribution in [2.75, 3.05) is 13.2 Å². The third kappa shape index (κ3) is 9.93. The number of nitrogens with one attached hydrogen (secondary N) is 2. The summed E-state index contributed by atoms with van der Waals surface area (Å²) in [5.74, 6) is 0.0715. The summed E-state index contributed by atoms with van der Waals surface area (Å²) in [6, 6.07) is 0.147. The van der Waals surface area contributed by atoms with Crippen molar-refractivity contribution in [1.29, 1.82) is 0 Å². The highest BCUT2D eigenvalue weighted by Gasteiger charge is 2.10. The fourth-order valence-electron chi connectivity index (χ4n) is 1.37. The molecule has 0 spiro atoms. The molecule has 3 N–H and O–H groups in total. The summed E-state index contributed by atoms with van der Waals surface area (Å²) in [7, 11) is 0. The van der Waals surface area contributed by atoms with Crippen molar-refractivity contribution in [3.8, 4) is 0 Å². The van der Waals surface area contributed by atoms with Gasteiger partial charge >= 0.3 is 0 Å². The molecule has 0 aliphatic carbocycles. The molecule has 1 amide bonds. The third-order valence-electron chi connectivity index (χ3n) is 2.21. The number of rotatable bonds is 7. The van der Waals surface area contributed by atoms with Crippen LogP contribution in [0, 0.1) is 0 Å². The zero-order valence-electron chi connectivity index (χ0n) is 11.0. The highest BCUT2D eigenvalue weighted by Crippen LogP contribution is 1.99. The molecule has 96 valence electrons. The molecule has 0 fully saturated rings. The van der Waals surface area contributed by atoms with E-state index in [1.807, 2.05) is 6.92 Å². The maximum atomic E-state index is 11.5. The second-order valence-electron chi connectivity index (χ2n) is 5.26. The first-order valence-corrected chi connectivity index (χ1v) is 6.00. The van der Waals surface area contributed by atoms with Crippen molar-refractivity contribution in [1.82, 2.24) is 10.6 Å². The molecule has 0 aromatic heterocycles. The van der Waals surface area contributed by atoms with Crippen LogP contribution in [0.5, 0.6) is 0 Å². The first-order valence-electron chi connectivity index (χ1n) is 6.00. The third-order valence-corrected chi connectivity index (χ3v) is 2.21. The molecule has 4 heteroatoms. The van der Waals surface area contributed by atoms with Crippen molar-refractivity contribution in [2.45, 2.75) is 58.5 Å². The average Bonchev–Trinajstić information content (AvgIpc) is 2.12. The van der Waals surface area contributed by atoms with Gasteiger partial charge in [-0.05, 0) is 40.5 Å². The second kappa shape index (κ2) is 7.63. The number of aliphatic hydroxyl groups excluding tert-OH is 1. The summed E-state index contributed by atoms with van der Waals surface area (Å²) in [4.78, 5) is 11.5. The highest BCUT2D eigenvalue weighted by atomic mass is 16.2. The van der Waals surface area contributed by atoms with Gasteiger partial charge in [0.2, 0.25) is 5.91 Å². The Morgan fingerprint density at radius 1 is 1.38 bits per heavy atom. The number of carbonyl (C=O) groups is 1. The fourth-order valence-corrected chi connectivity index (χ4v) is 1.37. The van der Waals surface area contributed by atoms with E-state index >= 15 is 0 Å². The lowest BCUT2D eigenvalue weighted by atomic mass is 10.1. The minimum Gasteiger partial charge on any atom is -0.396 e. The van der Waals surface area contributed by atoms with Gasteiger partial charge in [-0.2, -0.15) is 0 Å². The molecule has 0 heterocycles. The molecule has 0 aromatic carbocycles. The van der Waals surface area contributed by atoms with Crippen LogP contribution in [-0.4, -0.2) is 35.7 Å². The van der Waals surface area contributed by atoms with Crippen molar-refractivity contribution in [3.63, 3.8) is 0 Å². The van der Waals surface area contributed by atoms with Crippen LogP contribution in [-0.2, 0) is 4.79 Å². The summed E-state index contributed by atoms with van der Waals surface area (Å²) >= 11 is 0. The van der Waals surface area contributed by atoms with Gasteiger partial charge in [0, 0.05) is 31.2 Å². The molecular weight excluding hydrogens is 204 g/mol. The Morgan fingerprint density at radius 2 is 2.00 bits per heavy atom. The first kappa shape index (κ1) is 15.4. The molecule has 0 saturated heterocycles. The lowest BCUT2D eigenvalue weighted by molar-refractivity contribution is -0.121. The van der Waals surface area contributed by atoms with E-state index in [-0.39, 0.29) is 24.1 Å². The number of hydrogen-bond acceptors (Lipinski definition) is 3. The van der Waals surface area contributed by atoms with E-state index < -0.39 is 0 Å². The summed E-state index contributed by atoms with van der Waals surface area (Å²) < 4.78 is 0. The van der Waals surface area contributed by atoms with Gasteiger partial charge in [-0.25, -0.2) is 0 Å². The van der Waals surface area contributed by atoms with Crippen LogP contribution in [0.25, 0.3) is 0 Å². The maximum absolute atomic E-state index is 11.5. The Labute approximate surface area is 98.8 Å². The molecule has 0 radical (unpaired) electrons. The molecule has 0 bridgehead atoms. The number of hydrogen-bond donors (Lipinski definition) is 3. The normalized spacial score (nSPS) is 13.6. The van der Waals surface area contributed by atoms with Gasteiger partial charge in [0.1, 0.15) is 0 Å². The molecule has 0 rings (SSSR count). The topological polar surface area (TPSA) is 61.4 Å². The van der Waals surface area contributed by atoms with E-state index in [2.05, 4.69) is 31.4 Å². The largest absolute Gasteiger partial charge is 0.396 e. The molecule has 1 atom stereocenters. The van der Waals surface area contributed by atoms with E-state index in [0.717, 1.165) is 12.8 Å². The van der Waals surface area contributed by atoms with Crippen LogP contribution in [0.3, 0.4) is 0 Å². The van der Waals surface area contributed by atoms with Gasteiger partial charge in [0.15, 0.2) is 0 Å². The standard InChI is InChI=1S/C12H26N2O2/c1-10(6-5-9-15)14-11(16)7-8-13-12(2,3)4/h10,13,15H,5-9H2,1-4H3,(H,14,16). The Bertz CT molecular complexity index is 200. The molecule has 1 unspecified atom stereocenters. The van der Waals surface area contributed by atoms with Gasteiger partial charge in [-0.3, -0.25) is 4.79 Å². The number of amides is 1. The van der Waals surface area contributed by atoms with Gasteiger partial charge in [0.25, 0.3) is 0 Å². The highest BCUT2D eigenvalue weighted by molar-refractivity contribution is 5.76. The van der Waals surface area contributed by atoms with E-state index in [1.165, 1.54) is 0 Å². The average molecular weight is 230 g/mol. The van der Waals surface area contributed by atoms with Gasteiger partial charge in [-0.1, -0.05) is 0 Å². The molecule has 0 aliphatic heterocycles.